The summed E-state index contributed by atoms with van der Waals surface area (Å²) in [5.41, 5.74) is 3.26. The van der Waals surface area contributed by atoms with Gasteiger partial charge >= 0.3 is 0 Å². The Labute approximate surface area is 129 Å². The van der Waals surface area contributed by atoms with E-state index in [0.29, 0.717) is 17.3 Å². The average Bonchev–Trinajstić information content (AvgIpc) is 2.87. The summed E-state index contributed by atoms with van der Waals surface area (Å²) in [6.07, 6.45) is 1.67. The third-order valence-electron chi connectivity index (χ3n) is 2.97. The summed E-state index contributed by atoms with van der Waals surface area (Å²) in [5, 5.41) is 4.92. The summed E-state index contributed by atoms with van der Waals surface area (Å²) in [4.78, 5) is 8.78. The number of hydrogen-bond acceptors (Lipinski definition) is 6. The van der Waals surface area contributed by atoms with Gasteiger partial charge in [0.05, 0.1) is 16.1 Å². The van der Waals surface area contributed by atoms with Crippen LogP contribution in [0.2, 0.25) is 0 Å². The first-order chi connectivity index (χ1) is 10.2. The van der Waals surface area contributed by atoms with Crippen LogP contribution in [-0.4, -0.2) is 19.7 Å². The van der Waals surface area contributed by atoms with E-state index >= 15 is 0 Å². The Bertz CT molecular complexity index is 787. The highest BCUT2D eigenvalue weighted by Gasteiger charge is 2.11. The lowest BCUT2D eigenvalue weighted by atomic mass is 10.3. The molecule has 0 aliphatic rings. The first kappa shape index (κ1) is 13.8. The topological polar surface area (TPSA) is 90.9 Å². The van der Waals surface area contributed by atoms with E-state index in [1.165, 1.54) is 0 Å². The Morgan fingerprint density at radius 1 is 1.33 bits per heavy atom. The third kappa shape index (κ3) is 2.67. The number of aromatic nitrogens is 4. The minimum Gasteiger partial charge on any atom is -0.484 e. The molecule has 0 saturated carbocycles. The summed E-state index contributed by atoms with van der Waals surface area (Å²) in [6, 6.07) is 7.60. The van der Waals surface area contributed by atoms with Crippen molar-refractivity contribution in [3.63, 3.8) is 0 Å². The number of nitrogens with zero attached hydrogens (tertiary/aromatic N) is 4. The number of nitrogens with two attached hydrogens (primary N) is 1. The number of hydrogen-bond donors (Lipinski definition) is 2. The second kappa shape index (κ2) is 5.66. The molecule has 0 spiro atoms. The summed E-state index contributed by atoms with van der Waals surface area (Å²) in [6.45, 7) is 0.235. The number of nitrogen functional groups attached to an aromatic ring is 1. The van der Waals surface area contributed by atoms with E-state index in [1.807, 2.05) is 31.3 Å². The van der Waals surface area contributed by atoms with E-state index in [4.69, 9.17) is 10.6 Å². The van der Waals surface area contributed by atoms with Gasteiger partial charge in [0, 0.05) is 7.05 Å². The molecule has 0 saturated heterocycles. The summed E-state index contributed by atoms with van der Waals surface area (Å²) in [5.74, 6) is 7.28. The molecule has 3 rings (SSSR count). The molecule has 0 unspecified atom stereocenters. The molecule has 7 nitrogen and oxygen atoms in total. The Morgan fingerprint density at radius 3 is 2.90 bits per heavy atom. The maximum absolute atomic E-state index is 5.72. The number of ether oxygens (including phenoxy) is 1. The van der Waals surface area contributed by atoms with Crippen molar-refractivity contribution in [1.29, 1.82) is 0 Å². The average molecular weight is 349 g/mol. The largest absolute Gasteiger partial charge is 0.484 e. The first-order valence-electron chi connectivity index (χ1n) is 6.21. The first-order valence-corrected chi connectivity index (χ1v) is 7.01. The van der Waals surface area contributed by atoms with Crippen LogP contribution in [0.25, 0.3) is 11.0 Å². The number of anilines is 1. The van der Waals surface area contributed by atoms with E-state index in [-0.39, 0.29) is 6.61 Å². The highest BCUT2D eigenvalue weighted by atomic mass is 79.9. The SMILES string of the molecule is Cn1ncc2c(NN)nc(COc3ccccc3Br)nc21. The summed E-state index contributed by atoms with van der Waals surface area (Å²) >= 11 is 3.43. The molecule has 2 heterocycles. The van der Waals surface area contributed by atoms with Crippen molar-refractivity contribution in [1.82, 2.24) is 19.7 Å². The summed E-state index contributed by atoms with van der Waals surface area (Å²) < 4.78 is 8.26. The second-order valence-electron chi connectivity index (χ2n) is 4.36. The fourth-order valence-corrected chi connectivity index (χ4v) is 2.35. The Balaban J connectivity index is 1.90. The van der Waals surface area contributed by atoms with Gasteiger partial charge < -0.3 is 10.2 Å². The standard InChI is InChI=1S/C13H13BrN6O/c1-20-13-8(6-16-20)12(19-15)17-11(18-13)7-21-10-5-3-2-4-9(10)14/h2-6H,7,15H2,1H3,(H,17,18,19). The Kier molecular flexibility index (Phi) is 3.72. The van der Waals surface area contributed by atoms with Gasteiger partial charge in [-0.05, 0) is 28.1 Å². The molecule has 3 N–H and O–H groups in total. The van der Waals surface area contributed by atoms with Gasteiger partial charge in [0.2, 0.25) is 0 Å². The molecule has 3 aromatic rings. The predicted molar refractivity (Wildman–Crippen MR) is 82.6 cm³/mol. The number of rotatable bonds is 4. The number of benzene rings is 1. The van der Waals surface area contributed by atoms with Crippen LogP contribution in [0, 0.1) is 0 Å². The number of para-hydroxylation sites is 1. The number of aryl methyl sites for hydroxylation is 1. The zero-order valence-corrected chi connectivity index (χ0v) is 12.8. The molecule has 0 aliphatic carbocycles. The van der Waals surface area contributed by atoms with Crippen LogP contribution >= 0.6 is 15.9 Å². The number of hydrazine groups is 1. The van der Waals surface area contributed by atoms with Gasteiger partial charge in [-0.2, -0.15) is 5.10 Å². The van der Waals surface area contributed by atoms with Crippen molar-refractivity contribution in [2.24, 2.45) is 12.9 Å². The zero-order valence-electron chi connectivity index (χ0n) is 11.2. The van der Waals surface area contributed by atoms with Crippen molar-refractivity contribution in [2.45, 2.75) is 6.61 Å². The lowest BCUT2D eigenvalue weighted by Gasteiger charge is -2.09. The molecular weight excluding hydrogens is 336 g/mol. The maximum Gasteiger partial charge on any atom is 0.170 e. The minimum absolute atomic E-state index is 0.235. The lowest BCUT2D eigenvalue weighted by molar-refractivity contribution is 0.294. The lowest BCUT2D eigenvalue weighted by Crippen LogP contribution is -2.12. The van der Waals surface area contributed by atoms with Crippen molar-refractivity contribution < 1.29 is 4.74 Å². The predicted octanol–water partition coefficient (Wildman–Crippen LogP) is 1.99. The zero-order chi connectivity index (χ0) is 14.8. The van der Waals surface area contributed by atoms with Crippen molar-refractivity contribution in [2.75, 3.05) is 5.43 Å². The molecule has 2 aromatic heterocycles. The van der Waals surface area contributed by atoms with Crippen LogP contribution in [0.5, 0.6) is 5.75 Å². The van der Waals surface area contributed by atoms with Crippen molar-refractivity contribution in [3.8, 4) is 5.75 Å². The van der Waals surface area contributed by atoms with E-state index < -0.39 is 0 Å². The third-order valence-corrected chi connectivity index (χ3v) is 3.62. The normalized spacial score (nSPS) is 10.8. The van der Waals surface area contributed by atoms with E-state index in [1.54, 1.807) is 10.9 Å². The Hall–Kier alpha value is -2.19. The van der Waals surface area contributed by atoms with Crippen molar-refractivity contribution in [3.05, 3.63) is 40.8 Å². The van der Waals surface area contributed by atoms with Crippen LogP contribution in [0.1, 0.15) is 5.82 Å². The molecule has 0 fully saturated rings. The van der Waals surface area contributed by atoms with Gasteiger partial charge in [-0.3, -0.25) is 4.68 Å². The van der Waals surface area contributed by atoms with Gasteiger partial charge in [-0.15, -0.1) is 0 Å². The van der Waals surface area contributed by atoms with Crippen LogP contribution in [0.15, 0.2) is 34.9 Å². The smallest absolute Gasteiger partial charge is 0.170 e. The maximum atomic E-state index is 5.72. The van der Waals surface area contributed by atoms with Crippen LogP contribution in [0.3, 0.4) is 0 Å². The molecule has 0 aliphatic heterocycles. The number of halogens is 1. The molecule has 0 amide bonds. The molecule has 0 radical (unpaired) electrons. The van der Waals surface area contributed by atoms with Crippen LogP contribution < -0.4 is 16.0 Å². The molecule has 108 valence electrons. The van der Waals surface area contributed by atoms with Crippen LogP contribution in [0.4, 0.5) is 5.82 Å². The second-order valence-corrected chi connectivity index (χ2v) is 5.21. The molecule has 1 aromatic carbocycles. The van der Waals surface area contributed by atoms with Gasteiger partial charge in [-0.25, -0.2) is 15.8 Å². The number of fused-ring (bicyclic) bond motifs is 1. The van der Waals surface area contributed by atoms with Crippen LogP contribution in [-0.2, 0) is 13.7 Å². The molecular formula is C13H13BrN6O. The molecule has 0 bridgehead atoms. The monoisotopic (exact) mass is 348 g/mol. The quantitative estimate of drug-likeness (QED) is 0.553. The van der Waals surface area contributed by atoms with E-state index in [0.717, 1.165) is 15.6 Å². The van der Waals surface area contributed by atoms with Gasteiger partial charge in [0.25, 0.3) is 0 Å². The van der Waals surface area contributed by atoms with E-state index in [9.17, 15) is 0 Å². The van der Waals surface area contributed by atoms with Gasteiger partial charge in [-0.1, -0.05) is 12.1 Å². The fourth-order valence-electron chi connectivity index (χ4n) is 1.95. The van der Waals surface area contributed by atoms with Gasteiger partial charge in [0.1, 0.15) is 12.4 Å². The number of nitrogens with one attached hydrogen (secondary N) is 1. The Morgan fingerprint density at radius 2 is 2.14 bits per heavy atom. The highest BCUT2D eigenvalue weighted by Crippen LogP contribution is 2.25. The van der Waals surface area contributed by atoms with Crippen molar-refractivity contribution >= 4 is 32.8 Å². The molecule has 21 heavy (non-hydrogen) atoms. The van der Waals surface area contributed by atoms with Gasteiger partial charge in [0.15, 0.2) is 17.3 Å². The summed E-state index contributed by atoms with van der Waals surface area (Å²) in [7, 11) is 1.81. The highest BCUT2D eigenvalue weighted by molar-refractivity contribution is 9.10. The van der Waals surface area contributed by atoms with E-state index in [2.05, 4.69) is 36.4 Å². The fraction of sp³-hybridized carbons (Fsp3) is 0.154. The molecule has 0 atom stereocenters. The minimum atomic E-state index is 0.235. The molecule has 8 heteroatoms.